The predicted octanol–water partition coefficient (Wildman–Crippen LogP) is 3.10. The first kappa shape index (κ1) is 17.3. The zero-order chi connectivity index (χ0) is 18.1. The van der Waals surface area contributed by atoms with E-state index in [1.165, 1.54) is 0 Å². The molecule has 7 heteroatoms. The zero-order valence-corrected chi connectivity index (χ0v) is 15.5. The van der Waals surface area contributed by atoms with E-state index >= 15 is 0 Å². The van der Waals surface area contributed by atoms with Crippen molar-refractivity contribution in [1.29, 1.82) is 0 Å². The highest BCUT2D eigenvalue weighted by Crippen LogP contribution is 2.44. The molecule has 4 rings (SSSR count). The number of ether oxygens (including phenoxy) is 2. The second-order valence-corrected chi connectivity index (χ2v) is 6.97. The maximum absolute atomic E-state index is 12.8. The first-order valence-electron chi connectivity index (χ1n) is 9.63. The molecule has 0 atom stereocenters. The van der Waals surface area contributed by atoms with Gasteiger partial charge in [0.2, 0.25) is 0 Å². The molecular formula is C19H26N4O3. The Hall–Kier alpha value is -2.15. The molecule has 0 unspecified atom stereocenters. The Balaban J connectivity index is 1.86. The number of hydrogen-bond donors (Lipinski definition) is 1. The average Bonchev–Trinajstić information content (AvgIpc) is 3.42. The molecule has 3 heterocycles. The Morgan fingerprint density at radius 1 is 1.31 bits per heavy atom. The summed E-state index contributed by atoms with van der Waals surface area (Å²) in [5.74, 6) is 0.0526. The molecule has 1 N–H and O–H groups in total. The van der Waals surface area contributed by atoms with Gasteiger partial charge in [-0.1, -0.05) is 0 Å². The van der Waals surface area contributed by atoms with Crippen molar-refractivity contribution in [2.24, 2.45) is 0 Å². The molecular weight excluding hydrogens is 332 g/mol. The number of carbonyl (C=O) groups excluding carboxylic acids is 1. The largest absolute Gasteiger partial charge is 0.462 e. The summed E-state index contributed by atoms with van der Waals surface area (Å²) in [6.07, 6.45) is 5.80. The minimum atomic E-state index is -0.289. The normalized spacial score (nSPS) is 18.2. The molecule has 1 aliphatic carbocycles. The quantitative estimate of drug-likeness (QED) is 0.800. The van der Waals surface area contributed by atoms with Gasteiger partial charge in [0.15, 0.2) is 5.65 Å². The third kappa shape index (κ3) is 3.16. The number of anilines is 1. The number of pyridine rings is 1. The third-order valence-electron chi connectivity index (χ3n) is 5.13. The van der Waals surface area contributed by atoms with Crippen LogP contribution in [-0.2, 0) is 16.0 Å². The summed E-state index contributed by atoms with van der Waals surface area (Å²) < 4.78 is 12.8. The number of fused-ring (bicyclic) bond motifs is 1. The maximum Gasteiger partial charge on any atom is 0.342 e. The zero-order valence-electron chi connectivity index (χ0n) is 15.5. The maximum atomic E-state index is 12.8. The fourth-order valence-corrected chi connectivity index (χ4v) is 3.60. The van der Waals surface area contributed by atoms with Gasteiger partial charge in [-0.05, 0) is 39.5 Å². The molecule has 0 bridgehead atoms. The average molecular weight is 358 g/mol. The summed E-state index contributed by atoms with van der Waals surface area (Å²) in [4.78, 5) is 17.7. The highest BCUT2D eigenvalue weighted by Gasteiger charge is 2.34. The predicted molar refractivity (Wildman–Crippen MR) is 98.6 cm³/mol. The number of carbonyl (C=O) groups is 1. The SMILES string of the molecule is CCOC(=O)c1c(C2CC2)nc2c(cnn2CC)c1NC1CCOCC1. The van der Waals surface area contributed by atoms with E-state index in [4.69, 9.17) is 14.5 Å². The fraction of sp³-hybridized carbons (Fsp3) is 0.632. The number of nitrogens with zero attached hydrogens (tertiary/aromatic N) is 3. The van der Waals surface area contributed by atoms with Gasteiger partial charge in [0.25, 0.3) is 0 Å². The molecule has 1 aliphatic heterocycles. The van der Waals surface area contributed by atoms with Crippen LogP contribution in [0.2, 0.25) is 0 Å². The number of esters is 1. The molecule has 2 fully saturated rings. The molecule has 26 heavy (non-hydrogen) atoms. The van der Waals surface area contributed by atoms with E-state index in [1.54, 1.807) is 0 Å². The van der Waals surface area contributed by atoms with Crippen molar-refractivity contribution in [3.63, 3.8) is 0 Å². The van der Waals surface area contributed by atoms with Gasteiger partial charge >= 0.3 is 5.97 Å². The topological polar surface area (TPSA) is 78.3 Å². The van der Waals surface area contributed by atoms with Crippen molar-refractivity contribution in [3.8, 4) is 0 Å². The molecule has 2 aromatic heterocycles. The van der Waals surface area contributed by atoms with Gasteiger partial charge in [0, 0.05) is 31.7 Å². The van der Waals surface area contributed by atoms with Crippen molar-refractivity contribution in [1.82, 2.24) is 14.8 Å². The van der Waals surface area contributed by atoms with Crippen LogP contribution in [0.1, 0.15) is 61.5 Å². The van der Waals surface area contributed by atoms with Crippen LogP contribution in [0.25, 0.3) is 11.0 Å². The van der Waals surface area contributed by atoms with Crippen LogP contribution in [0, 0.1) is 0 Å². The van der Waals surface area contributed by atoms with Crippen molar-refractivity contribution >= 4 is 22.7 Å². The molecule has 1 saturated heterocycles. The molecule has 2 aliphatic rings. The second kappa shape index (κ2) is 7.23. The summed E-state index contributed by atoms with van der Waals surface area (Å²) in [6, 6.07) is 0.277. The van der Waals surface area contributed by atoms with Crippen LogP contribution >= 0.6 is 0 Å². The van der Waals surface area contributed by atoms with Crippen LogP contribution in [0.15, 0.2) is 6.20 Å². The van der Waals surface area contributed by atoms with E-state index in [-0.39, 0.29) is 12.0 Å². The summed E-state index contributed by atoms with van der Waals surface area (Å²) in [5.41, 5.74) is 3.14. The molecule has 0 spiro atoms. The monoisotopic (exact) mass is 358 g/mol. The number of aromatic nitrogens is 3. The van der Waals surface area contributed by atoms with E-state index < -0.39 is 0 Å². The Morgan fingerprint density at radius 2 is 2.08 bits per heavy atom. The van der Waals surface area contributed by atoms with E-state index in [1.807, 2.05) is 17.8 Å². The van der Waals surface area contributed by atoms with Crippen molar-refractivity contribution in [3.05, 3.63) is 17.5 Å². The fourth-order valence-electron chi connectivity index (χ4n) is 3.60. The van der Waals surface area contributed by atoms with Crippen molar-refractivity contribution in [2.75, 3.05) is 25.1 Å². The Labute approximate surface area is 153 Å². The number of hydrogen-bond acceptors (Lipinski definition) is 6. The first-order chi connectivity index (χ1) is 12.7. The molecule has 0 aromatic carbocycles. The third-order valence-corrected chi connectivity index (χ3v) is 5.13. The molecule has 2 aromatic rings. The van der Waals surface area contributed by atoms with Crippen molar-refractivity contribution < 1.29 is 14.3 Å². The number of nitrogens with one attached hydrogen (secondary N) is 1. The minimum Gasteiger partial charge on any atom is -0.462 e. The van der Waals surface area contributed by atoms with Crippen LogP contribution in [0.3, 0.4) is 0 Å². The van der Waals surface area contributed by atoms with Crippen LogP contribution in [-0.4, -0.2) is 46.6 Å². The standard InChI is InChI=1S/C19H26N4O3/c1-3-23-18-14(11-20-23)17(21-13-7-9-25-10-8-13)15(19(24)26-4-2)16(22-18)12-5-6-12/h11-13H,3-10H2,1-2H3,(H,21,22). The van der Waals surface area contributed by atoms with Crippen LogP contribution in [0.5, 0.6) is 0 Å². The lowest BCUT2D eigenvalue weighted by Gasteiger charge is -2.26. The van der Waals surface area contributed by atoms with Crippen molar-refractivity contribution in [2.45, 2.75) is 58.0 Å². The van der Waals surface area contributed by atoms with Gasteiger partial charge in [-0.15, -0.1) is 0 Å². The van der Waals surface area contributed by atoms with Crippen LogP contribution in [0.4, 0.5) is 5.69 Å². The summed E-state index contributed by atoms with van der Waals surface area (Å²) >= 11 is 0. The van der Waals surface area contributed by atoms with Gasteiger partial charge < -0.3 is 14.8 Å². The van der Waals surface area contributed by atoms with Gasteiger partial charge in [-0.25, -0.2) is 14.5 Å². The lowest BCUT2D eigenvalue weighted by Crippen LogP contribution is -2.29. The summed E-state index contributed by atoms with van der Waals surface area (Å²) in [5, 5.41) is 8.98. The second-order valence-electron chi connectivity index (χ2n) is 6.97. The summed E-state index contributed by atoms with van der Waals surface area (Å²) in [7, 11) is 0. The molecule has 140 valence electrons. The van der Waals surface area contributed by atoms with Gasteiger partial charge in [-0.2, -0.15) is 5.10 Å². The molecule has 0 amide bonds. The van der Waals surface area contributed by atoms with Gasteiger partial charge in [-0.3, -0.25) is 0 Å². The van der Waals surface area contributed by atoms with Gasteiger partial charge in [0.1, 0.15) is 5.56 Å². The summed E-state index contributed by atoms with van der Waals surface area (Å²) in [6.45, 7) is 6.47. The lowest BCUT2D eigenvalue weighted by atomic mass is 10.0. The van der Waals surface area contributed by atoms with Crippen LogP contribution < -0.4 is 5.32 Å². The van der Waals surface area contributed by atoms with E-state index in [0.29, 0.717) is 18.1 Å². The Kier molecular flexibility index (Phi) is 4.80. The lowest BCUT2D eigenvalue weighted by molar-refractivity contribution is 0.0525. The number of aryl methyl sites for hydroxylation is 1. The molecule has 7 nitrogen and oxygen atoms in total. The smallest absolute Gasteiger partial charge is 0.342 e. The highest BCUT2D eigenvalue weighted by atomic mass is 16.5. The minimum absolute atomic E-state index is 0.277. The van der Waals surface area contributed by atoms with E-state index in [2.05, 4.69) is 17.3 Å². The number of rotatable bonds is 6. The van der Waals surface area contributed by atoms with E-state index in [0.717, 1.165) is 67.9 Å². The van der Waals surface area contributed by atoms with E-state index in [9.17, 15) is 4.79 Å². The first-order valence-corrected chi connectivity index (χ1v) is 9.63. The Bertz CT molecular complexity index is 807. The highest BCUT2D eigenvalue weighted by molar-refractivity contribution is 6.05. The van der Waals surface area contributed by atoms with Gasteiger partial charge in [0.05, 0.1) is 29.6 Å². The Morgan fingerprint density at radius 3 is 2.73 bits per heavy atom. The molecule has 1 saturated carbocycles. The molecule has 0 radical (unpaired) electrons.